The molecule has 51 heavy (non-hydrogen) atoms. The molecule has 0 amide bonds. The summed E-state index contributed by atoms with van der Waals surface area (Å²) in [6, 6.07) is 66.2. The molecule has 0 aliphatic heterocycles. The van der Waals surface area contributed by atoms with Crippen molar-refractivity contribution in [1.29, 1.82) is 0 Å². The van der Waals surface area contributed by atoms with E-state index in [1.807, 2.05) is 18.2 Å². The van der Waals surface area contributed by atoms with Gasteiger partial charge >= 0.3 is 0 Å². The summed E-state index contributed by atoms with van der Waals surface area (Å²) in [5.74, 6) is 0. The van der Waals surface area contributed by atoms with E-state index in [1.165, 1.54) is 11.1 Å². The Labute approximate surface area is 295 Å². The van der Waals surface area contributed by atoms with Crippen LogP contribution in [0.5, 0.6) is 0 Å². The number of para-hydroxylation sites is 3. The zero-order valence-electron chi connectivity index (χ0n) is 27.7. The third-order valence-corrected chi connectivity index (χ3v) is 9.89. The molecule has 0 atom stereocenters. The van der Waals surface area contributed by atoms with Gasteiger partial charge in [-0.3, -0.25) is 0 Å². The topological polar surface area (TPSA) is 29.5 Å². The third-order valence-electron chi connectivity index (χ3n) is 9.89. The van der Waals surface area contributed by atoms with E-state index in [9.17, 15) is 0 Å². The molecule has 0 bridgehead atoms. The highest BCUT2D eigenvalue weighted by Gasteiger charge is 2.25. The number of hydrogen-bond acceptors (Lipinski definition) is 3. The van der Waals surface area contributed by atoms with Crippen LogP contribution in [0.3, 0.4) is 0 Å². The first-order valence-corrected chi connectivity index (χ1v) is 17.3. The second-order valence-corrected chi connectivity index (χ2v) is 12.9. The van der Waals surface area contributed by atoms with Crippen molar-refractivity contribution in [1.82, 2.24) is 0 Å². The fourth-order valence-corrected chi connectivity index (χ4v) is 7.54. The number of fused-ring (bicyclic) bond motifs is 6. The van der Waals surface area contributed by atoms with Crippen LogP contribution in [0.2, 0.25) is 0 Å². The Morgan fingerprint density at radius 2 is 0.902 bits per heavy atom. The predicted octanol–water partition coefficient (Wildman–Crippen LogP) is 14.0. The second kappa shape index (κ2) is 11.9. The van der Waals surface area contributed by atoms with Gasteiger partial charge in [0.05, 0.1) is 11.4 Å². The van der Waals surface area contributed by atoms with E-state index in [0.717, 1.165) is 83.2 Å². The number of rotatable bonds is 6. The molecule has 10 aromatic rings. The highest BCUT2D eigenvalue weighted by molar-refractivity contribution is 6.17. The average molecular weight is 654 g/mol. The molecule has 0 radical (unpaired) electrons. The monoisotopic (exact) mass is 653 g/mol. The Morgan fingerprint density at radius 3 is 1.69 bits per heavy atom. The van der Waals surface area contributed by atoms with Crippen molar-refractivity contribution >= 4 is 60.9 Å². The molecule has 0 spiro atoms. The minimum Gasteiger partial charge on any atom is -0.456 e. The number of anilines is 3. The van der Waals surface area contributed by atoms with Gasteiger partial charge in [-0.05, 0) is 64.7 Å². The van der Waals surface area contributed by atoms with Gasteiger partial charge in [-0.15, -0.1) is 0 Å². The summed E-state index contributed by atoms with van der Waals surface area (Å²) < 4.78 is 13.0. The number of furan rings is 2. The van der Waals surface area contributed by atoms with Crippen molar-refractivity contribution in [3.8, 4) is 33.4 Å². The quantitative estimate of drug-likeness (QED) is 0.179. The van der Waals surface area contributed by atoms with Gasteiger partial charge in [0, 0.05) is 44.4 Å². The fourth-order valence-electron chi connectivity index (χ4n) is 7.54. The molecule has 0 aliphatic carbocycles. The molecule has 8 aromatic carbocycles. The molecule has 10 rings (SSSR count). The predicted molar refractivity (Wildman–Crippen MR) is 212 cm³/mol. The van der Waals surface area contributed by atoms with E-state index in [2.05, 4.69) is 175 Å². The number of hydrogen-bond donors (Lipinski definition) is 0. The van der Waals surface area contributed by atoms with Crippen LogP contribution in [-0.4, -0.2) is 0 Å². The molecular formula is C48H31NO2. The molecule has 0 saturated carbocycles. The van der Waals surface area contributed by atoms with Gasteiger partial charge in [-0.1, -0.05) is 140 Å². The standard InChI is InChI=1S/C48H31NO2/c1-3-13-32(14-4-1)33-23-25-35(26-24-33)47-42(29-30-45-48(47)40-19-9-12-22-44(40)50-45)49(41-20-10-7-17-37(41)34-15-5-2-6-16-34)36-27-28-39-38-18-8-11-21-43(38)51-46(39)31-36/h1-31H. The van der Waals surface area contributed by atoms with Gasteiger partial charge < -0.3 is 13.7 Å². The van der Waals surface area contributed by atoms with E-state index >= 15 is 0 Å². The Balaban J connectivity index is 1.28. The van der Waals surface area contributed by atoms with Crippen LogP contribution in [0.4, 0.5) is 17.1 Å². The van der Waals surface area contributed by atoms with Gasteiger partial charge in [0.1, 0.15) is 22.3 Å². The maximum Gasteiger partial charge on any atom is 0.137 e. The Bertz CT molecular complexity index is 2850. The van der Waals surface area contributed by atoms with E-state index in [-0.39, 0.29) is 0 Å². The van der Waals surface area contributed by atoms with E-state index < -0.39 is 0 Å². The van der Waals surface area contributed by atoms with Crippen molar-refractivity contribution in [3.05, 3.63) is 188 Å². The summed E-state index contributed by atoms with van der Waals surface area (Å²) in [6.45, 7) is 0. The summed E-state index contributed by atoms with van der Waals surface area (Å²) in [5.41, 5.74) is 13.4. The van der Waals surface area contributed by atoms with Crippen LogP contribution in [0.1, 0.15) is 0 Å². The lowest BCUT2D eigenvalue weighted by atomic mass is 9.93. The molecule has 3 heteroatoms. The molecule has 0 fully saturated rings. The Kier molecular flexibility index (Phi) is 6.81. The first kappa shape index (κ1) is 29.1. The molecular weight excluding hydrogens is 623 g/mol. The molecule has 2 heterocycles. The van der Waals surface area contributed by atoms with Crippen LogP contribution in [-0.2, 0) is 0 Å². The lowest BCUT2D eigenvalue weighted by Crippen LogP contribution is -2.12. The molecule has 2 aromatic heterocycles. The first-order valence-electron chi connectivity index (χ1n) is 17.3. The van der Waals surface area contributed by atoms with Crippen LogP contribution < -0.4 is 4.90 Å². The lowest BCUT2D eigenvalue weighted by Gasteiger charge is -2.30. The van der Waals surface area contributed by atoms with E-state index in [1.54, 1.807) is 0 Å². The SMILES string of the molecule is c1ccc(-c2ccc(-c3c(N(c4ccc5c(c4)oc4ccccc45)c4ccccc4-c4ccccc4)ccc4oc5ccccc5c34)cc2)cc1. The van der Waals surface area contributed by atoms with Gasteiger partial charge in [-0.25, -0.2) is 0 Å². The van der Waals surface area contributed by atoms with Gasteiger partial charge in [-0.2, -0.15) is 0 Å². The van der Waals surface area contributed by atoms with Crippen molar-refractivity contribution < 1.29 is 8.83 Å². The van der Waals surface area contributed by atoms with Crippen LogP contribution in [0.15, 0.2) is 197 Å². The largest absolute Gasteiger partial charge is 0.456 e. The number of nitrogens with zero attached hydrogens (tertiary/aromatic N) is 1. The Morgan fingerprint density at radius 1 is 0.333 bits per heavy atom. The average Bonchev–Trinajstić information content (AvgIpc) is 3.77. The summed E-state index contributed by atoms with van der Waals surface area (Å²) in [5, 5.41) is 4.38. The maximum absolute atomic E-state index is 6.50. The van der Waals surface area contributed by atoms with Crippen molar-refractivity contribution in [3.63, 3.8) is 0 Å². The molecule has 0 saturated heterocycles. The van der Waals surface area contributed by atoms with Crippen LogP contribution in [0.25, 0.3) is 77.3 Å². The van der Waals surface area contributed by atoms with Crippen molar-refractivity contribution in [2.75, 3.05) is 4.90 Å². The normalized spacial score (nSPS) is 11.5. The molecule has 0 N–H and O–H groups in total. The fraction of sp³-hybridized carbons (Fsp3) is 0. The highest BCUT2D eigenvalue weighted by atomic mass is 16.3. The van der Waals surface area contributed by atoms with Crippen molar-refractivity contribution in [2.45, 2.75) is 0 Å². The summed E-state index contributed by atoms with van der Waals surface area (Å²) >= 11 is 0. The van der Waals surface area contributed by atoms with Gasteiger partial charge in [0.15, 0.2) is 0 Å². The van der Waals surface area contributed by atoms with Gasteiger partial charge in [0.2, 0.25) is 0 Å². The summed E-state index contributed by atoms with van der Waals surface area (Å²) in [6.07, 6.45) is 0. The molecule has 0 unspecified atom stereocenters. The first-order chi connectivity index (χ1) is 25.3. The molecule has 240 valence electrons. The van der Waals surface area contributed by atoms with E-state index in [0.29, 0.717) is 0 Å². The second-order valence-electron chi connectivity index (χ2n) is 12.9. The molecule has 3 nitrogen and oxygen atoms in total. The Hall–Kier alpha value is -6.84. The van der Waals surface area contributed by atoms with Crippen molar-refractivity contribution in [2.24, 2.45) is 0 Å². The number of benzene rings is 8. The van der Waals surface area contributed by atoms with E-state index in [4.69, 9.17) is 8.83 Å². The maximum atomic E-state index is 6.50. The minimum absolute atomic E-state index is 0.847. The molecule has 0 aliphatic rings. The minimum atomic E-state index is 0.847. The van der Waals surface area contributed by atoms with Gasteiger partial charge in [0.25, 0.3) is 0 Å². The zero-order valence-corrected chi connectivity index (χ0v) is 27.7. The summed E-state index contributed by atoms with van der Waals surface area (Å²) in [7, 11) is 0. The smallest absolute Gasteiger partial charge is 0.137 e. The summed E-state index contributed by atoms with van der Waals surface area (Å²) in [4.78, 5) is 2.39. The zero-order chi connectivity index (χ0) is 33.7. The third kappa shape index (κ3) is 4.90. The van der Waals surface area contributed by atoms with Crippen LogP contribution >= 0.6 is 0 Å². The highest BCUT2D eigenvalue weighted by Crippen LogP contribution is 2.49. The lowest BCUT2D eigenvalue weighted by molar-refractivity contribution is 0.668. The van der Waals surface area contributed by atoms with Crippen LogP contribution in [0, 0.1) is 0 Å².